The second kappa shape index (κ2) is 7.20. The quantitative estimate of drug-likeness (QED) is 0.776. The Morgan fingerprint density at radius 3 is 2.89 bits per heavy atom. The van der Waals surface area contributed by atoms with E-state index in [9.17, 15) is 4.79 Å². The second-order valence-electron chi connectivity index (χ2n) is 5.53. The van der Waals surface area contributed by atoms with Crippen molar-refractivity contribution in [3.8, 4) is 0 Å². The molecular weight excluding hydrogens is 302 g/mol. The number of ketones is 1. The van der Waals surface area contributed by atoms with E-state index >= 15 is 0 Å². The lowest BCUT2D eigenvalue weighted by molar-refractivity contribution is 0.0964. The van der Waals surface area contributed by atoms with E-state index in [0.29, 0.717) is 6.42 Å². The molecule has 19 heavy (non-hydrogen) atoms. The molecule has 1 fully saturated rings. The summed E-state index contributed by atoms with van der Waals surface area (Å²) in [6.07, 6.45) is 4.49. The molecule has 1 aliphatic heterocycles. The molecule has 1 aliphatic rings. The highest BCUT2D eigenvalue weighted by molar-refractivity contribution is 9.10. The van der Waals surface area contributed by atoms with Crippen molar-refractivity contribution in [3.63, 3.8) is 0 Å². The van der Waals surface area contributed by atoms with Crippen molar-refractivity contribution < 1.29 is 4.79 Å². The highest BCUT2D eigenvalue weighted by Gasteiger charge is 2.15. The van der Waals surface area contributed by atoms with Crippen LogP contribution in [0.1, 0.15) is 43.0 Å². The van der Waals surface area contributed by atoms with E-state index in [1.807, 2.05) is 24.3 Å². The van der Waals surface area contributed by atoms with Crippen LogP contribution in [0.3, 0.4) is 0 Å². The fourth-order valence-electron chi connectivity index (χ4n) is 2.63. The predicted octanol–water partition coefficient (Wildman–Crippen LogP) is 4.14. The van der Waals surface area contributed by atoms with Crippen LogP contribution < -0.4 is 0 Å². The smallest absolute Gasteiger partial charge is 0.165 e. The lowest BCUT2D eigenvalue weighted by Gasteiger charge is -2.19. The minimum atomic E-state index is 0.241. The standard InChI is InChI=1S/C16H22BrNO/c1-13-5-4-10-18(11-8-13)12-9-16(19)14-6-2-3-7-15(14)17/h2-3,6-7,13H,4-5,8-12H2,1H3. The molecule has 1 saturated heterocycles. The van der Waals surface area contributed by atoms with Gasteiger partial charge in [0.2, 0.25) is 0 Å². The first-order valence-corrected chi connectivity index (χ1v) is 7.96. The molecule has 1 heterocycles. The zero-order valence-electron chi connectivity index (χ0n) is 11.6. The molecule has 2 nitrogen and oxygen atoms in total. The summed E-state index contributed by atoms with van der Waals surface area (Å²) in [6.45, 7) is 5.51. The number of carbonyl (C=O) groups excluding carboxylic acids is 1. The van der Waals surface area contributed by atoms with E-state index in [2.05, 4.69) is 27.8 Å². The average Bonchev–Trinajstić information content (AvgIpc) is 2.61. The van der Waals surface area contributed by atoms with Gasteiger partial charge in [0.25, 0.3) is 0 Å². The highest BCUT2D eigenvalue weighted by Crippen LogP contribution is 2.19. The molecule has 0 aliphatic carbocycles. The molecule has 3 heteroatoms. The van der Waals surface area contributed by atoms with Gasteiger partial charge in [0, 0.05) is 23.0 Å². The van der Waals surface area contributed by atoms with Crippen molar-refractivity contribution in [2.24, 2.45) is 5.92 Å². The molecule has 0 amide bonds. The summed E-state index contributed by atoms with van der Waals surface area (Å²) in [5.74, 6) is 1.08. The van der Waals surface area contributed by atoms with Crippen LogP contribution in [0.25, 0.3) is 0 Å². The number of hydrogen-bond donors (Lipinski definition) is 0. The summed E-state index contributed by atoms with van der Waals surface area (Å²) >= 11 is 3.45. The van der Waals surface area contributed by atoms with Gasteiger partial charge in [0.1, 0.15) is 0 Å². The van der Waals surface area contributed by atoms with Gasteiger partial charge >= 0.3 is 0 Å². The first-order valence-electron chi connectivity index (χ1n) is 7.17. The largest absolute Gasteiger partial charge is 0.303 e. The van der Waals surface area contributed by atoms with Gasteiger partial charge in [-0.1, -0.05) is 41.1 Å². The number of nitrogens with zero attached hydrogens (tertiary/aromatic N) is 1. The molecule has 0 saturated carbocycles. The van der Waals surface area contributed by atoms with E-state index in [4.69, 9.17) is 0 Å². The molecule has 1 aromatic rings. The lowest BCUT2D eigenvalue weighted by Crippen LogP contribution is -2.27. The third kappa shape index (κ3) is 4.43. The first-order chi connectivity index (χ1) is 9.16. The number of halogens is 1. The van der Waals surface area contributed by atoms with Gasteiger partial charge in [-0.15, -0.1) is 0 Å². The normalized spacial score (nSPS) is 21.1. The Hall–Kier alpha value is -0.670. The van der Waals surface area contributed by atoms with Crippen LogP contribution in [0.2, 0.25) is 0 Å². The zero-order valence-corrected chi connectivity index (χ0v) is 13.2. The Morgan fingerprint density at radius 2 is 2.11 bits per heavy atom. The number of hydrogen-bond acceptors (Lipinski definition) is 2. The SMILES string of the molecule is CC1CCCN(CCC(=O)c2ccccc2Br)CC1. The third-order valence-electron chi connectivity index (χ3n) is 3.94. The van der Waals surface area contributed by atoms with Crippen LogP contribution >= 0.6 is 15.9 Å². The number of likely N-dealkylation sites (tertiary alicyclic amines) is 1. The predicted molar refractivity (Wildman–Crippen MR) is 82.5 cm³/mol. The van der Waals surface area contributed by atoms with Crippen molar-refractivity contribution in [2.75, 3.05) is 19.6 Å². The summed E-state index contributed by atoms with van der Waals surface area (Å²) in [6, 6.07) is 7.69. The number of benzene rings is 1. The maximum absolute atomic E-state index is 12.2. The van der Waals surface area contributed by atoms with Gasteiger partial charge in [0.05, 0.1) is 0 Å². The van der Waals surface area contributed by atoms with Crippen LogP contribution in [0.5, 0.6) is 0 Å². The maximum atomic E-state index is 12.2. The Bertz CT molecular complexity index is 433. The Balaban J connectivity index is 1.85. The molecule has 0 spiro atoms. The van der Waals surface area contributed by atoms with E-state index in [1.165, 1.54) is 19.3 Å². The molecule has 0 radical (unpaired) electrons. The van der Waals surface area contributed by atoms with E-state index in [0.717, 1.165) is 35.6 Å². The van der Waals surface area contributed by atoms with Crippen molar-refractivity contribution >= 4 is 21.7 Å². The van der Waals surface area contributed by atoms with Gasteiger partial charge in [-0.05, 0) is 44.3 Å². The van der Waals surface area contributed by atoms with Gasteiger partial charge in [-0.3, -0.25) is 4.79 Å². The van der Waals surface area contributed by atoms with Crippen LogP contribution in [0, 0.1) is 5.92 Å². The van der Waals surface area contributed by atoms with Gasteiger partial charge < -0.3 is 4.90 Å². The number of rotatable bonds is 4. The summed E-state index contributed by atoms with van der Waals surface area (Å²) in [5.41, 5.74) is 0.811. The molecule has 1 unspecified atom stereocenters. The van der Waals surface area contributed by atoms with Gasteiger partial charge in [-0.25, -0.2) is 0 Å². The Kier molecular flexibility index (Phi) is 5.59. The summed E-state index contributed by atoms with van der Waals surface area (Å²) in [4.78, 5) is 14.6. The minimum absolute atomic E-state index is 0.241. The van der Waals surface area contributed by atoms with Crippen molar-refractivity contribution in [3.05, 3.63) is 34.3 Å². The Morgan fingerprint density at radius 1 is 1.32 bits per heavy atom. The van der Waals surface area contributed by atoms with Crippen molar-refractivity contribution in [1.82, 2.24) is 4.90 Å². The molecule has 0 bridgehead atoms. The fourth-order valence-corrected chi connectivity index (χ4v) is 3.13. The van der Waals surface area contributed by atoms with Crippen LogP contribution in [0.15, 0.2) is 28.7 Å². The summed E-state index contributed by atoms with van der Waals surface area (Å²) < 4.78 is 0.907. The lowest BCUT2D eigenvalue weighted by atomic mass is 10.0. The molecular formula is C16H22BrNO. The van der Waals surface area contributed by atoms with E-state index in [-0.39, 0.29) is 5.78 Å². The topological polar surface area (TPSA) is 20.3 Å². The van der Waals surface area contributed by atoms with Gasteiger partial charge in [-0.2, -0.15) is 0 Å². The number of Topliss-reactive ketones (excluding diaryl/α,β-unsaturated/α-hetero) is 1. The van der Waals surface area contributed by atoms with Gasteiger partial charge in [0.15, 0.2) is 5.78 Å². The fraction of sp³-hybridized carbons (Fsp3) is 0.562. The van der Waals surface area contributed by atoms with Crippen molar-refractivity contribution in [2.45, 2.75) is 32.6 Å². The molecule has 1 atom stereocenters. The minimum Gasteiger partial charge on any atom is -0.303 e. The van der Waals surface area contributed by atoms with Crippen LogP contribution in [-0.4, -0.2) is 30.3 Å². The molecule has 2 rings (SSSR count). The van der Waals surface area contributed by atoms with Crippen LogP contribution in [0.4, 0.5) is 0 Å². The number of carbonyl (C=O) groups is 1. The second-order valence-corrected chi connectivity index (χ2v) is 6.39. The molecule has 1 aromatic carbocycles. The van der Waals surface area contributed by atoms with Crippen molar-refractivity contribution in [1.29, 1.82) is 0 Å². The third-order valence-corrected chi connectivity index (χ3v) is 4.63. The molecule has 0 N–H and O–H groups in total. The molecule has 104 valence electrons. The highest BCUT2D eigenvalue weighted by atomic mass is 79.9. The zero-order chi connectivity index (χ0) is 13.7. The van der Waals surface area contributed by atoms with E-state index < -0.39 is 0 Å². The monoisotopic (exact) mass is 323 g/mol. The summed E-state index contributed by atoms with van der Waals surface area (Å²) in [7, 11) is 0. The van der Waals surface area contributed by atoms with E-state index in [1.54, 1.807) is 0 Å². The summed E-state index contributed by atoms with van der Waals surface area (Å²) in [5, 5.41) is 0. The first kappa shape index (κ1) is 14.7. The van der Waals surface area contributed by atoms with Crippen LogP contribution in [-0.2, 0) is 0 Å². The maximum Gasteiger partial charge on any atom is 0.165 e. The Labute approximate surface area is 124 Å². The molecule has 0 aromatic heterocycles. The average molecular weight is 324 g/mol.